The molecule has 0 unspecified atom stereocenters. The van der Waals surface area contributed by atoms with Gasteiger partial charge in [0.1, 0.15) is 5.01 Å². The second-order valence-electron chi connectivity index (χ2n) is 7.05. The molecule has 2 aromatic heterocycles. The summed E-state index contributed by atoms with van der Waals surface area (Å²) in [5, 5.41) is 4.72. The van der Waals surface area contributed by atoms with Crippen LogP contribution in [0.5, 0.6) is 0 Å². The predicted molar refractivity (Wildman–Crippen MR) is 104 cm³/mol. The maximum Gasteiger partial charge on any atom is 0.435 e. The molecule has 4 rings (SSSR count). The van der Waals surface area contributed by atoms with Crippen molar-refractivity contribution in [3.63, 3.8) is 0 Å². The van der Waals surface area contributed by atoms with Crippen LogP contribution in [0.15, 0.2) is 30.3 Å². The van der Waals surface area contributed by atoms with Gasteiger partial charge in [0.25, 0.3) is 0 Å². The number of benzene rings is 1. The SMILES string of the molecule is COCc1nn2c(CN3CN(CCc4ccccc4)CC3=O)c(C(F)(F)F)nc2s1. The first-order valence-corrected chi connectivity index (χ1v) is 10.1. The van der Waals surface area contributed by atoms with Gasteiger partial charge in [0, 0.05) is 13.7 Å². The lowest BCUT2D eigenvalue weighted by Crippen LogP contribution is -2.29. The Morgan fingerprint density at radius 1 is 1.23 bits per heavy atom. The van der Waals surface area contributed by atoms with E-state index in [9.17, 15) is 18.0 Å². The molecule has 0 bridgehead atoms. The van der Waals surface area contributed by atoms with Crippen LogP contribution in [0.25, 0.3) is 4.96 Å². The molecule has 1 amide bonds. The quantitative estimate of drug-likeness (QED) is 0.567. The summed E-state index contributed by atoms with van der Waals surface area (Å²) in [4.78, 5) is 19.7. The number of imidazole rings is 1. The van der Waals surface area contributed by atoms with Crippen molar-refractivity contribution in [3.8, 4) is 0 Å². The first-order chi connectivity index (χ1) is 14.3. The second kappa shape index (κ2) is 8.32. The van der Waals surface area contributed by atoms with Gasteiger partial charge in [-0.3, -0.25) is 9.69 Å². The normalized spacial score (nSPS) is 15.6. The van der Waals surface area contributed by atoms with Crippen LogP contribution in [-0.4, -0.2) is 57.2 Å². The number of ether oxygens (including phenoxy) is 1. The smallest absolute Gasteiger partial charge is 0.377 e. The van der Waals surface area contributed by atoms with Gasteiger partial charge in [-0.15, -0.1) is 0 Å². The number of fused-ring (bicyclic) bond motifs is 1. The van der Waals surface area contributed by atoms with Gasteiger partial charge in [-0.1, -0.05) is 41.7 Å². The summed E-state index contributed by atoms with van der Waals surface area (Å²) in [7, 11) is 1.49. The van der Waals surface area contributed by atoms with E-state index in [1.807, 2.05) is 35.2 Å². The Morgan fingerprint density at radius 2 is 2.00 bits per heavy atom. The van der Waals surface area contributed by atoms with Crippen LogP contribution >= 0.6 is 11.3 Å². The number of nitrogens with zero attached hydrogens (tertiary/aromatic N) is 5. The Morgan fingerprint density at radius 3 is 2.70 bits per heavy atom. The topological polar surface area (TPSA) is 63.0 Å². The van der Waals surface area contributed by atoms with Crippen molar-refractivity contribution in [1.82, 2.24) is 24.4 Å². The number of methoxy groups -OCH3 is 1. The van der Waals surface area contributed by atoms with Crippen molar-refractivity contribution < 1.29 is 22.7 Å². The number of carbonyl (C=O) groups is 1. The van der Waals surface area contributed by atoms with Crippen molar-refractivity contribution in [3.05, 3.63) is 52.3 Å². The average molecular weight is 439 g/mol. The van der Waals surface area contributed by atoms with Crippen LogP contribution in [0.3, 0.4) is 0 Å². The van der Waals surface area contributed by atoms with Gasteiger partial charge in [0.2, 0.25) is 10.9 Å². The Balaban J connectivity index is 1.51. The molecular weight excluding hydrogens is 419 g/mol. The first-order valence-electron chi connectivity index (χ1n) is 9.32. The highest BCUT2D eigenvalue weighted by atomic mass is 32.1. The highest BCUT2D eigenvalue weighted by Gasteiger charge is 2.40. The summed E-state index contributed by atoms with van der Waals surface area (Å²) >= 11 is 1.04. The molecule has 0 spiro atoms. The van der Waals surface area contributed by atoms with E-state index in [0.717, 1.165) is 23.3 Å². The zero-order valence-electron chi connectivity index (χ0n) is 16.2. The zero-order valence-corrected chi connectivity index (χ0v) is 17.0. The molecule has 0 N–H and O–H groups in total. The standard InChI is InChI=1S/C19H20F3N5O2S/c1-29-11-15-24-27-14(17(19(20,21)22)23-18(27)30-15)9-26-12-25(10-16(26)28)8-7-13-5-3-2-4-6-13/h2-6H,7-12H2,1H3. The van der Waals surface area contributed by atoms with E-state index in [-0.39, 0.29) is 42.9 Å². The van der Waals surface area contributed by atoms with E-state index in [2.05, 4.69) is 10.1 Å². The second-order valence-corrected chi connectivity index (χ2v) is 8.09. The maximum absolute atomic E-state index is 13.5. The van der Waals surface area contributed by atoms with Gasteiger partial charge in [0.15, 0.2) is 5.69 Å². The monoisotopic (exact) mass is 439 g/mol. The van der Waals surface area contributed by atoms with Crippen LogP contribution in [0.1, 0.15) is 22.0 Å². The van der Waals surface area contributed by atoms with E-state index in [0.29, 0.717) is 11.6 Å². The van der Waals surface area contributed by atoms with Crippen molar-refractivity contribution in [2.45, 2.75) is 25.7 Å². The first kappa shape index (κ1) is 20.8. The minimum absolute atomic E-state index is 0.130. The largest absolute Gasteiger partial charge is 0.435 e. The van der Waals surface area contributed by atoms with Crippen molar-refractivity contribution in [2.24, 2.45) is 0 Å². The summed E-state index contributed by atoms with van der Waals surface area (Å²) in [6.07, 6.45) is -3.86. The molecule has 11 heteroatoms. The van der Waals surface area contributed by atoms with Crippen LogP contribution in [0.4, 0.5) is 13.2 Å². The molecule has 160 valence electrons. The van der Waals surface area contributed by atoms with Crippen LogP contribution in [-0.2, 0) is 35.3 Å². The lowest BCUT2D eigenvalue weighted by Gasteiger charge is -2.18. The number of aromatic nitrogens is 3. The molecule has 1 saturated heterocycles. The molecular formula is C19H20F3N5O2S. The van der Waals surface area contributed by atoms with Crippen LogP contribution < -0.4 is 0 Å². The minimum Gasteiger partial charge on any atom is -0.377 e. The Kier molecular flexibility index (Phi) is 5.76. The molecule has 1 fully saturated rings. The highest BCUT2D eigenvalue weighted by molar-refractivity contribution is 7.16. The maximum atomic E-state index is 13.5. The summed E-state index contributed by atoms with van der Waals surface area (Å²) in [5.74, 6) is -0.210. The molecule has 1 aromatic carbocycles. The molecule has 3 aromatic rings. The van der Waals surface area contributed by atoms with Gasteiger partial charge in [-0.2, -0.15) is 18.3 Å². The molecule has 30 heavy (non-hydrogen) atoms. The van der Waals surface area contributed by atoms with Gasteiger partial charge in [-0.25, -0.2) is 9.50 Å². The minimum atomic E-state index is -4.63. The third-order valence-electron chi connectivity index (χ3n) is 4.86. The molecule has 0 atom stereocenters. The number of halogens is 3. The molecule has 3 heterocycles. The van der Waals surface area contributed by atoms with Gasteiger partial charge < -0.3 is 9.64 Å². The van der Waals surface area contributed by atoms with E-state index in [1.54, 1.807) is 0 Å². The lowest BCUT2D eigenvalue weighted by molar-refractivity contribution is -0.142. The molecule has 7 nitrogen and oxygen atoms in total. The average Bonchev–Trinajstić information content (AvgIpc) is 3.35. The predicted octanol–water partition coefficient (Wildman–Crippen LogP) is 2.80. The molecule has 0 radical (unpaired) electrons. The van der Waals surface area contributed by atoms with E-state index in [4.69, 9.17) is 4.74 Å². The Bertz CT molecular complexity index is 1030. The molecule has 1 aliphatic rings. The van der Waals surface area contributed by atoms with Gasteiger partial charge in [-0.05, 0) is 12.0 Å². The summed E-state index contributed by atoms with van der Waals surface area (Å²) in [5.41, 5.74) is 0.0171. The summed E-state index contributed by atoms with van der Waals surface area (Å²) in [6.45, 7) is 1.08. The summed E-state index contributed by atoms with van der Waals surface area (Å²) in [6, 6.07) is 9.85. The molecule has 1 aliphatic heterocycles. The Hall–Kier alpha value is -2.50. The summed E-state index contributed by atoms with van der Waals surface area (Å²) < 4.78 is 46.8. The number of amides is 1. The third kappa shape index (κ3) is 4.32. The van der Waals surface area contributed by atoms with Crippen LogP contribution in [0.2, 0.25) is 0 Å². The fourth-order valence-corrected chi connectivity index (χ4v) is 4.33. The third-order valence-corrected chi connectivity index (χ3v) is 5.74. The number of hydrogen-bond donors (Lipinski definition) is 0. The van der Waals surface area contributed by atoms with Crippen molar-refractivity contribution >= 4 is 22.2 Å². The van der Waals surface area contributed by atoms with E-state index in [1.165, 1.54) is 16.5 Å². The van der Waals surface area contributed by atoms with Crippen molar-refractivity contribution in [1.29, 1.82) is 0 Å². The number of rotatable bonds is 7. The lowest BCUT2D eigenvalue weighted by atomic mass is 10.1. The molecule has 0 saturated carbocycles. The highest BCUT2D eigenvalue weighted by Crippen LogP contribution is 2.34. The van der Waals surface area contributed by atoms with Crippen molar-refractivity contribution in [2.75, 3.05) is 26.9 Å². The number of alkyl halides is 3. The van der Waals surface area contributed by atoms with Crippen LogP contribution in [0, 0.1) is 0 Å². The fraction of sp³-hybridized carbons (Fsp3) is 0.421. The fourth-order valence-electron chi connectivity index (χ4n) is 3.44. The zero-order chi connectivity index (χ0) is 21.3. The van der Waals surface area contributed by atoms with E-state index >= 15 is 0 Å². The number of hydrogen-bond acceptors (Lipinski definition) is 6. The van der Waals surface area contributed by atoms with E-state index < -0.39 is 11.9 Å². The van der Waals surface area contributed by atoms with Gasteiger partial charge >= 0.3 is 6.18 Å². The number of carbonyl (C=O) groups excluding carboxylic acids is 1. The molecule has 0 aliphatic carbocycles. The van der Waals surface area contributed by atoms with Gasteiger partial charge in [0.05, 0.1) is 32.1 Å². The Labute approximate surface area is 174 Å².